The topological polar surface area (TPSA) is 106 Å². The lowest BCUT2D eigenvalue weighted by atomic mass is 9.77. The summed E-state index contributed by atoms with van der Waals surface area (Å²) in [5.74, 6) is 3.17. The van der Waals surface area contributed by atoms with Gasteiger partial charge in [-0.25, -0.2) is 0 Å². The number of aromatic hydroxyl groups is 2. The summed E-state index contributed by atoms with van der Waals surface area (Å²) in [7, 11) is 7.00. The minimum atomic E-state index is -0.439. The smallest absolute Gasteiger partial charge is 0.302 e. The van der Waals surface area contributed by atoms with Crippen molar-refractivity contribution in [1.82, 2.24) is 5.32 Å². The van der Waals surface area contributed by atoms with Crippen molar-refractivity contribution in [2.45, 2.75) is 37.0 Å². The lowest BCUT2D eigenvalue weighted by Gasteiger charge is -2.30. The van der Waals surface area contributed by atoms with Crippen molar-refractivity contribution in [3.05, 3.63) is 64.2 Å². The fourth-order valence-corrected chi connectivity index (χ4v) is 8.54. The van der Waals surface area contributed by atoms with Crippen molar-refractivity contribution >= 4 is 27.6 Å². The van der Waals surface area contributed by atoms with Crippen LogP contribution < -0.4 is 19.5 Å². The molecule has 2 bridgehead atoms. The number of rotatable bonds is 7. The summed E-state index contributed by atoms with van der Waals surface area (Å²) < 4.78 is 24.2. The fourth-order valence-electron chi connectivity index (χ4n) is 6.13. The third-order valence-electron chi connectivity index (χ3n) is 7.94. The molecule has 6 rings (SSSR count). The van der Waals surface area contributed by atoms with Gasteiger partial charge in [-0.05, 0) is 48.4 Å². The number of phenols is 2. The highest BCUT2D eigenvalue weighted by atomic mass is 33.1. The zero-order valence-corrected chi connectivity index (χ0v) is 24.8. The Morgan fingerprint density at radius 3 is 2.73 bits per heavy atom. The van der Waals surface area contributed by atoms with E-state index < -0.39 is 6.10 Å². The van der Waals surface area contributed by atoms with Gasteiger partial charge < -0.3 is 34.5 Å². The Kier molecular flexibility index (Phi) is 7.89. The molecule has 3 N–H and O–H groups in total. The summed E-state index contributed by atoms with van der Waals surface area (Å²) in [5.41, 5.74) is 7.03. The van der Waals surface area contributed by atoms with Crippen LogP contribution in [0.15, 0.2) is 36.4 Å². The minimum Gasteiger partial charge on any atom is -0.508 e. The summed E-state index contributed by atoms with van der Waals surface area (Å²) >= 11 is 0. The predicted molar refractivity (Wildman–Crippen MR) is 161 cm³/mol. The van der Waals surface area contributed by atoms with Gasteiger partial charge in [0.15, 0.2) is 11.5 Å². The van der Waals surface area contributed by atoms with E-state index in [2.05, 4.69) is 17.4 Å². The Morgan fingerprint density at radius 1 is 1.10 bits per heavy atom. The molecule has 1 aliphatic carbocycles. The van der Waals surface area contributed by atoms with Gasteiger partial charge in [-0.15, -0.1) is 0 Å². The number of esters is 1. The Balaban J connectivity index is 1.52. The Bertz CT molecular complexity index is 1490. The van der Waals surface area contributed by atoms with Crippen molar-refractivity contribution in [2.75, 3.05) is 39.7 Å². The lowest BCUT2D eigenvalue weighted by molar-refractivity contribution is -0.141. The van der Waals surface area contributed by atoms with Crippen LogP contribution >= 0.6 is 21.6 Å². The Labute approximate surface area is 247 Å². The van der Waals surface area contributed by atoms with Crippen LogP contribution in [0.3, 0.4) is 0 Å². The molecule has 8 nitrogen and oxygen atoms in total. The van der Waals surface area contributed by atoms with E-state index in [0.29, 0.717) is 30.4 Å². The molecule has 10 heteroatoms. The van der Waals surface area contributed by atoms with Gasteiger partial charge in [-0.2, -0.15) is 0 Å². The molecule has 0 saturated carbocycles. The predicted octanol–water partition coefficient (Wildman–Crippen LogP) is 5.69. The van der Waals surface area contributed by atoms with Crippen molar-refractivity contribution in [1.29, 1.82) is 0 Å². The molecule has 0 fully saturated rings. The van der Waals surface area contributed by atoms with Gasteiger partial charge in [0.05, 0.1) is 13.0 Å². The first-order chi connectivity index (χ1) is 19.9. The summed E-state index contributed by atoms with van der Waals surface area (Å²) in [4.78, 5) is 11.9. The molecule has 3 atom stereocenters. The first kappa shape index (κ1) is 27.9. The highest BCUT2D eigenvalue weighted by Gasteiger charge is 2.43. The summed E-state index contributed by atoms with van der Waals surface area (Å²) in [5, 5.41) is 24.3. The largest absolute Gasteiger partial charge is 0.508 e. The molecule has 0 aromatic heterocycles. The molecule has 0 saturated heterocycles. The van der Waals surface area contributed by atoms with Gasteiger partial charge in [0.2, 0.25) is 0 Å². The van der Waals surface area contributed by atoms with E-state index in [0.717, 1.165) is 56.9 Å². The maximum absolute atomic E-state index is 11.9. The number of likely N-dealkylation sites (N-methyl/N-ethyl adjacent to an activating group) is 1. The average molecular weight is 596 g/mol. The van der Waals surface area contributed by atoms with Crippen LogP contribution in [0.5, 0.6) is 28.7 Å². The second-order valence-electron chi connectivity index (χ2n) is 10.5. The third kappa shape index (κ3) is 5.17. The van der Waals surface area contributed by atoms with E-state index in [1.54, 1.807) is 40.8 Å². The van der Waals surface area contributed by atoms with Crippen LogP contribution in [0.25, 0.3) is 11.1 Å². The number of carbonyl (C=O) groups is 1. The van der Waals surface area contributed by atoms with Gasteiger partial charge in [-0.1, -0.05) is 33.7 Å². The Morgan fingerprint density at radius 2 is 1.95 bits per heavy atom. The molecule has 3 aliphatic rings. The molecular weight excluding hydrogens is 562 g/mol. The number of hydrogen-bond acceptors (Lipinski definition) is 10. The summed E-state index contributed by atoms with van der Waals surface area (Å²) in [6, 6.07) is 11.3. The molecule has 2 heterocycles. The molecule has 0 radical (unpaired) electrons. The van der Waals surface area contributed by atoms with E-state index in [1.807, 2.05) is 19.2 Å². The quantitative estimate of drug-likeness (QED) is 0.179. The SMILES string of the molecule is CNCCOc1cc2c(cc1O)CSSC[C@H]1Cc3cc(O)cc(OC)c3-c3ccc4c(c31)O[C@H]2[C@@H]4COC(C)=O. The van der Waals surface area contributed by atoms with Gasteiger partial charge in [0.1, 0.15) is 36.6 Å². The lowest BCUT2D eigenvalue weighted by Crippen LogP contribution is -2.19. The van der Waals surface area contributed by atoms with Gasteiger partial charge in [0, 0.05) is 59.2 Å². The molecule has 3 aromatic rings. The first-order valence-corrected chi connectivity index (χ1v) is 16.1. The van der Waals surface area contributed by atoms with Crippen LogP contribution in [0, 0.1) is 0 Å². The van der Waals surface area contributed by atoms with Crippen LogP contribution in [-0.4, -0.2) is 55.9 Å². The Hall–Kier alpha value is -3.21. The van der Waals surface area contributed by atoms with Gasteiger partial charge >= 0.3 is 5.97 Å². The molecule has 0 spiro atoms. The van der Waals surface area contributed by atoms with Crippen LogP contribution in [0.4, 0.5) is 0 Å². The maximum atomic E-state index is 11.9. The van der Waals surface area contributed by atoms with Crippen molar-refractivity contribution in [3.63, 3.8) is 0 Å². The third-order valence-corrected chi connectivity index (χ3v) is 10.3. The zero-order chi connectivity index (χ0) is 28.7. The highest BCUT2D eigenvalue weighted by Crippen LogP contribution is 2.58. The van der Waals surface area contributed by atoms with Gasteiger partial charge in [0.25, 0.3) is 0 Å². The molecule has 216 valence electrons. The van der Waals surface area contributed by atoms with E-state index in [4.69, 9.17) is 18.9 Å². The highest BCUT2D eigenvalue weighted by molar-refractivity contribution is 8.76. The van der Waals surface area contributed by atoms with Crippen molar-refractivity contribution < 1.29 is 34.0 Å². The van der Waals surface area contributed by atoms with E-state index in [9.17, 15) is 15.0 Å². The summed E-state index contributed by atoms with van der Waals surface area (Å²) in [6.07, 6.45) is 0.294. The number of nitrogens with one attached hydrogen (secondary N) is 1. The number of carbonyl (C=O) groups excluding carboxylic acids is 1. The van der Waals surface area contributed by atoms with Crippen LogP contribution in [-0.2, 0) is 21.7 Å². The van der Waals surface area contributed by atoms with Crippen molar-refractivity contribution in [3.8, 4) is 39.9 Å². The van der Waals surface area contributed by atoms with Crippen molar-refractivity contribution in [2.24, 2.45) is 0 Å². The molecule has 0 amide bonds. The molecular formula is C31H33NO7S2. The number of ether oxygens (including phenoxy) is 4. The normalized spacial score (nSPS) is 20.2. The molecule has 2 aliphatic heterocycles. The number of methoxy groups -OCH3 is 1. The average Bonchev–Trinajstić information content (AvgIpc) is 3.31. The first-order valence-electron chi connectivity index (χ1n) is 13.6. The van der Waals surface area contributed by atoms with Crippen LogP contribution in [0.2, 0.25) is 0 Å². The maximum Gasteiger partial charge on any atom is 0.302 e. The standard InChI is InChI=1S/C31H33NO7S2/c1-16(33)38-13-24-21-4-5-22-28-17(9-20(34)11-27(28)36-3)8-19-15-41-40-14-18-10-25(35)26(37-7-6-32-2)12-23(18)30(24)39-31(21)29(19)22/h4-5,9-12,19,24,30,32,34-35H,6-8,13-15H2,1-3H3/t19-,24-,30-/m1/s1. The molecule has 3 aromatic carbocycles. The van der Waals surface area contributed by atoms with E-state index >= 15 is 0 Å². The fraction of sp³-hybridized carbons (Fsp3) is 0.387. The minimum absolute atomic E-state index is 0.0912. The number of phenolic OH excluding ortho intramolecular Hbond substituents is 2. The van der Waals surface area contributed by atoms with Crippen LogP contribution in [0.1, 0.15) is 52.7 Å². The number of fused-ring (bicyclic) bond motifs is 5. The monoisotopic (exact) mass is 595 g/mol. The second-order valence-corrected chi connectivity index (χ2v) is 13.0. The zero-order valence-electron chi connectivity index (χ0n) is 23.2. The molecule has 41 heavy (non-hydrogen) atoms. The number of hydrogen-bond donors (Lipinski definition) is 3. The number of benzene rings is 3. The van der Waals surface area contributed by atoms with E-state index in [1.165, 1.54) is 6.92 Å². The summed E-state index contributed by atoms with van der Waals surface area (Å²) in [6.45, 7) is 2.63. The van der Waals surface area contributed by atoms with E-state index in [-0.39, 0.29) is 35.9 Å². The molecule has 0 unspecified atom stereocenters. The van der Waals surface area contributed by atoms with Gasteiger partial charge in [-0.3, -0.25) is 4.79 Å². The second kappa shape index (κ2) is 11.6.